The van der Waals surface area contributed by atoms with Gasteiger partial charge in [-0.05, 0) is 39.0 Å². The summed E-state index contributed by atoms with van der Waals surface area (Å²) in [5.41, 5.74) is 0.299. The number of ether oxygens (including phenoxy) is 3. The van der Waals surface area contributed by atoms with Crippen LogP contribution < -0.4 is 10.1 Å². The molecule has 0 aromatic heterocycles. The van der Waals surface area contributed by atoms with E-state index in [2.05, 4.69) is 5.32 Å². The fourth-order valence-electron chi connectivity index (χ4n) is 1.79. The zero-order valence-corrected chi connectivity index (χ0v) is 13.7. The molecule has 7 nitrogen and oxygen atoms in total. The van der Waals surface area contributed by atoms with E-state index in [1.54, 1.807) is 20.8 Å². The number of hydrogen-bond donors (Lipinski definition) is 1. The first-order valence-electron chi connectivity index (χ1n) is 7.30. The van der Waals surface area contributed by atoms with E-state index in [4.69, 9.17) is 14.2 Å². The van der Waals surface area contributed by atoms with Crippen LogP contribution in [0.1, 0.15) is 41.5 Å². The molecule has 0 bridgehead atoms. The molecule has 1 aromatic carbocycles. The number of esters is 2. The number of nitrogens with one attached hydrogen (secondary N) is 1. The van der Waals surface area contributed by atoms with Crippen molar-refractivity contribution in [1.82, 2.24) is 5.32 Å². The summed E-state index contributed by atoms with van der Waals surface area (Å²) in [6.07, 6.45) is -0.785. The SMILES string of the molecule is CCOC(=O)c1cc(OC(C)C(=O)NC)cc(C(=O)OCC)c1. The van der Waals surface area contributed by atoms with E-state index in [0.29, 0.717) is 0 Å². The van der Waals surface area contributed by atoms with E-state index in [9.17, 15) is 14.4 Å². The van der Waals surface area contributed by atoms with Gasteiger partial charge in [0.15, 0.2) is 6.10 Å². The van der Waals surface area contributed by atoms with E-state index in [0.717, 1.165) is 0 Å². The van der Waals surface area contributed by atoms with Gasteiger partial charge in [0, 0.05) is 7.05 Å². The van der Waals surface area contributed by atoms with Crippen LogP contribution in [0.15, 0.2) is 18.2 Å². The molecule has 7 heteroatoms. The van der Waals surface area contributed by atoms with Crippen LogP contribution in [0, 0.1) is 0 Å². The maximum Gasteiger partial charge on any atom is 0.338 e. The first-order valence-corrected chi connectivity index (χ1v) is 7.30. The third kappa shape index (κ3) is 5.28. The van der Waals surface area contributed by atoms with Gasteiger partial charge in [0.25, 0.3) is 5.91 Å². The van der Waals surface area contributed by atoms with Crippen molar-refractivity contribution in [2.45, 2.75) is 26.9 Å². The van der Waals surface area contributed by atoms with E-state index >= 15 is 0 Å². The highest BCUT2D eigenvalue weighted by Crippen LogP contribution is 2.20. The fourth-order valence-corrected chi connectivity index (χ4v) is 1.79. The standard InChI is InChI=1S/C16H21NO6/c1-5-21-15(19)11-7-12(16(20)22-6-2)9-13(8-11)23-10(3)14(18)17-4/h7-10H,5-6H2,1-4H3,(H,17,18). The maximum absolute atomic E-state index is 11.9. The molecule has 0 spiro atoms. The third-order valence-electron chi connectivity index (χ3n) is 2.86. The lowest BCUT2D eigenvalue weighted by Gasteiger charge is -2.15. The van der Waals surface area contributed by atoms with Gasteiger partial charge < -0.3 is 19.5 Å². The molecule has 0 heterocycles. The van der Waals surface area contributed by atoms with Gasteiger partial charge in [-0.2, -0.15) is 0 Å². The van der Waals surface area contributed by atoms with Crippen molar-refractivity contribution in [3.63, 3.8) is 0 Å². The summed E-state index contributed by atoms with van der Waals surface area (Å²) in [6.45, 7) is 5.32. The Morgan fingerprint density at radius 1 is 1.00 bits per heavy atom. The summed E-state index contributed by atoms with van der Waals surface area (Å²) in [6, 6.07) is 4.20. The minimum atomic E-state index is -0.785. The summed E-state index contributed by atoms with van der Waals surface area (Å²) >= 11 is 0. The normalized spacial score (nSPS) is 11.3. The summed E-state index contributed by atoms with van der Waals surface area (Å²) < 4.78 is 15.3. The van der Waals surface area contributed by atoms with Crippen molar-refractivity contribution >= 4 is 17.8 Å². The molecular weight excluding hydrogens is 302 g/mol. The average molecular weight is 323 g/mol. The summed E-state index contributed by atoms with van der Waals surface area (Å²) in [5.74, 6) is -1.30. The molecule has 1 atom stereocenters. The third-order valence-corrected chi connectivity index (χ3v) is 2.86. The molecule has 1 rings (SSSR count). The molecule has 1 aromatic rings. The molecule has 0 fully saturated rings. The zero-order valence-electron chi connectivity index (χ0n) is 13.7. The van der Waals surface area contributed by atoms with Crippen LogP contribution in [0.4, 0.5) is 0 Å². The van der Waals surface area contributed by atoms with Gasteiger partial charge in [0.05, 0.1) is 24.3 Å². The second-order valence-corrected chi connectivity index (χ2v) is 4.56. The lowest BCUT2D eigenvalue weighted by molar-refractivity contribution is -0.126. The topological polar surface area (TPSA) is 90.9 Å². The van der Waals surface area contributed by atoms with Crippen molar-refractivity contribution in [3.05, 3.63) is 29.3 Å². The van der Waals surface area contributed by atoms with Gasteiger partial charge in [0.2, 0.25) is 0 Å². The van der Waals surface area contributed by atoms with Gasteiger partial charge in [0.1, 0.15) is 5.75 Å². The van der Waals surface area contributed by atoms with Crippen LogP contribution in [0.5, 0.6) is 5.75 Å². The molecule has 126 valence electrons. The predicted octanol–water partition coefficient (Wildman–Crippen LogP) is 1.55. The number of amides is 1. The van der Waals surface area contributed by atoms with Gasteiger partial charge >= 0.3 is 11.9 Å². The number of carbonyl (C=O) groups excluding carboxylic acids is 3. The number of benzene rings is 1. The number of carbonyl (C=O) groups is 3. The first kappa shape index (κ1) is 18.5. The lowest BCUT2D eigenvalue weighted by atomic mass is 10.1. The summed E-state index contributed by atoms with van der Waals surface area (Å²) in [5, 5.41) is 2.45. The minimum Gasteiger partial charge on any atom is -0.481 e. The second kappa shape index (κ2) is 8.77. The molecule has 0 radical (unpaired) electrons. The lowest BCUT2D eigenvalue weighted by Crippen LogP contribution is -2.33. The van der Waals surface area contributed by atoms with Crippen LogP contribution in [-0.2, 0) is 14.3 Å². The van der Waals surface area contributed by atoms with Gasteiger partial charge in [-0.3, -0.25) is 4.79 Å². The van der Waals surface area contributed by atoms with Gasteiger partial charge in [-0.15, -0.1) is 0 Å². The molecule has 0 aliphatic heterocycles. The molecular formula is C16H21NO6. The molecule has 23 heavy (non-hydrogen) atoms. The van der Waals surface area contributed by atoms with Crippen LogP contribution in [0.2, 0.25) is 0 Å². The van der Waals surface area contributed by atoms with Crippen LogP contribution in [-0.4, -0.2) is 44.2 Å². The Kier molecular flexibility index (Phi) is 7.05. The number of rotatable bonds is 7. The van der Waals surface area contributed by atoms with Crippen LogP contribution >= 0.6 is 0 Å². The highest BCUT2D eigenvalue weighted by molar-refractivity contribution is 5.96. The van der Waals surface area contributed by atoms with E-state index in [1.807, 2.05) is 0 Å². The van der Waals surface area contributed by atoms with E-state index < -0.39 is 18.0 Å². The highest BCUT2D eigenvalue weighted by Gasteiger charge is 2.18. The molecule has 0 saturated carbocycles. The van der Waals surface area contributed by atoms with E-state index in [-0.39, 0.29) is 36.0 Å². The van der Waals surface area contributed by atoms with Crippen LogP contribution in [0.25, 0.3) is 0 Å². The quantitative estimate of drug-likeness (QED) is 0.766. The molecule has 0 aliphatic carbocycles. The summed E-state index contributed by atoms with van der Waals surface area (Å²) in [7, 11) is 1.49. The highest BCUT2D eigenvalue weighted by atomic mass is 16.5. The zero-order chi connectivity index (χ0) is 17.4. The largest absolute Gasteiger partial charge is 0.481 e. The Balaban J connectivity index is 3.15. The average Bonchev–Trinajstić information content (AvgIpc) is 2.54. The first-order chi connectivity index (χ1) is 10.9. The predicted molar refractivity (Wildman–Crippen MR) is 82.5 cm³/mol. The molecule has 0 aliphatic rings. The van der Waals surface area contributed by atoms with Crippen LogP contribution in [0.3, 0.4) is 0 Å². The Hall–Kier alpha value is -2.57. The monoisotopic (exact) mass is 323 g/mol. The summed E-state index contributed by atoms with van der Waals surface area (Å²) in [4.78, 5) is 35.3. The van der Waals surface area contributed by atoms with Gasteiger partial charge in [-0.25, -0.2) is 9.59 Å². The minimum absolute atomic E-state index is 0.150. The molecule has 1 N–H and O–H groups in total. The van der Waals surface area contributed by atoms with Crippen molar-refractivity contribution < 1.29 is 28.6 Å². The fraction of sp³-hybridized carbons (Fsp3) is 0.438. The number of hydrogen-bond acceptors (Lipinski definition) is 6. The van der Waals surface area contributed by atoms with E-state index in [1.165, 1.54) is 25.2 Å². The Bertz CT molecular complexity index is 548. The smallest absolute Gasteiger partial charge is 0.338 e. The molecule has 1 unspecified atom stereocenters. The van der Waals surface area contributed by atoms with Crippen molar-refractivity contribution in [1.29, 1.82) is 0 Å². The van der Waals surface area contributed by atoms with Crippen molar-refractivity contribution in [2.75, 3.05) is 20.3 Å². The Morgan fingerprint density at radius 2 is 1.48 bits per heavy atom. The molecule has 0 saturated heterocycles. The Morgan fingerprint density at radius 3 is 1.87 bits per heavy atom. The Labute approximate surface area is 134 Å². The number of likely N-dealkylation sites (N-methyl/N-ethyl adjacent to an activating group) is 1. The second-order valence-electron chi connectivity index (χ2n) is 4.56. The van der Waals surface area contributed by atoms with Gasteiger partial charge in [-0.1, -0.05) is 0 Å². The van der Waals surface area contributed by atoms with Crippen molar-refractivity contribution in [3.8, 4) is 5.75 Å². The maximum atomic E-state index is 11.9. The van der Waals surface area contributed by atoms with Crippen molar-refractivity contribution in [2.24, 2.45) is 0 Å². The molecule has 1 amide bonds.